The molecule has 0 aliphatic carbocycles. The number of rotatable bonds is 6. The van der Waals surface area contributed by atoms with Gasteiger partial charge in [0, 0.05) is 18.7 Å². The van der Waals surface area contributed by atoms with Crippen molar-refractivity contribution >= 4 is 46.6 Å². The molecule has 0 saturated heterocycles. The largest absolute Gasteiger partial charge is 0.480 e. The molecule has 0 aliphatic rings. The maximum atomic E-state index is 11.3. The van der Waals surface area contributed by atoms with Crippen LogP contribution in [0.15, 0.2) is 42.6 Å². The first kappa shape index (κ1) is 16.8. The second-order valence-corrected chi connectivity index (χ2v) is 6.22. The van der Waals surface area contributed by atoms with E-state index in [9.17, 15) is 9.59 Å². The van der Waals surface area contributed by atoms with Gasteiger partial charge in [-0.15, -0.1) is 0 Å². The minimum absolute atomic E-state index is 0.266. The Balaban J connectivity index is 2.63. The van der Waals surface area contributed by atoms with Gasteiger partial charge >= 0.3 is 5.97 Å². The van der Waals surface area contributed by atoms with Gasteiger partial charge in [0.1, 0.15) is 6.04 Å². The number of carboxylic acid groups (broad SMARTS) is 1. The van der Waals surface area contributed by atoms with Gasteiger partial charge in [0.15, 0.2) is 0 Å². The fourth-order valence-corrected chi connectivity index (χ4v) is 1.59. The Morgan fingerprint density at radius 1 is 1.25 bits per heavy atom. The van der Waals surface area contributed by atoms with Gasteiger partial charge in [-0.3, -0.25) is 4.79 Å². The molecule has 0 fully saturated rings. The molecule has 0 aromatic heterocycles. The maximum absolute atomic E-state index is 11.3. The predicted octanol–water partition coefficient (Wildman–Crippen LogP) is 2.72. The molecule has 0 radical (unpaired) electrons. The van der Waals surface area contributed by atoms with E-state index in [-0.39, 0.29) is 6.42 Å². The Morgan fingerprint density at radius 2 is 1.85 bits per heavy atom. The van der Waals surface area contributed by atoms with Gasteiger partial charge in [-0.05, 0) is 5.56 Å². The average molecular weight is 337 g/mol. The molecule has 1 aromatic rings. The number of halogens is 3. The van der Waals surface area contributed by atoms with Crippen molar-refractivity contribution in [2.75, 3.05) is 0 Å². The molecule has 0 aliphatic heterocycles. The van der Waals surface area contributed by atoms with Crippen LogP contribution < -0.4 is 5.32 Å². The molecule has 7 heteroatoms. The van der Waals surface area contributed by atoms with Crippen LogP contribution in [-0.2, 0) is 16.0 Å². The molecule has 20 heavy (non-hydrogen) atoms. The van der Waals surface area contributed by atoms with E-state index in [2.05, 4.69) is 5.32 Å². The smallest absolute Gasteiger partial charge is 0.326 e. The van der Waals surface area contributed by atoms with E-state index in [4.69, 9.17) is 39.9 Å². The molecular weight excluding hydrogens is 325 g/mol. The van der Waals surface area contributed by atoms with Crippen molar-refractivity contribution < 1.29 is 14.7 Å². The van der Waals surface area contributed by atoms with E-state index in [0.29, 0.717) is 0 Å². The number of carboxylic acids is 1. The summed E-state index contributed by atoms with van der Waals surface area (Å²) >= 11 is 16.1. The van der Waals surface area contributed by atoms with E-state index in [1.165, 1.54) is 6.20 Å². The number of ketones is 1. The van der Waals surface area contributed by atoms with Crippen LogP contribution in [0.4, 0.5) is 0 Å². The third-order valence-electron chi connectivity index (χ3n) is 2.39. The highest BCUT2D eigenvalue weighted by Crippen LogP contribution is 2.27. The number of benzene rings is 1. The second kappa shape index (κ2) is 7.53. The molecule has 1 rings (SSSR count). The summed E-state index contributed by atoms with van der Waals surface area (Å²) in [5.41, 5.74) is 0.855. The summed E-state index contributed by atoms with van der Waals surface area (Å²) < 4.78 is -2.05. The van der Waals surface area contributed by atoms with E-state index in [0.717, 1.165) is 11.6 Å². The van der Waals surface area contributed by atoms with Crippen LogP contribution in [0.25, 0.3) is 0 Å². The van der Waals surface area contributed by atoms with E-state index in [1.807, 2.05) is 30.3 Å². The second-order valence-electron chi connectivity index (χ2n) is 3.94. The summed E-state index contributed by atoms with van der Waals surface area (Å²) in [6.45, 7) is 0. The van der Waals surface area contributed by atoms with Crippen LogP contribution in [0, 0.1) is 0 Å². The maximum Gasteiger partial charge on any atom is 0.326 e. The molecular formula is C13H12Cl3NO3. The number of nitrogens with one attached hydrogen (secondary N) is 1. The Labute approximate surface area is 131 Å². The van der Waals surface area contributed by atoms with Gasteiger partial charge in [0.25, 0.3) is 3.79 Å². The lowest BCUT2D eigenvalue weighted by Crippen LogP contribution is -2.35. The minimum atomic E-state index is -2.05. The molecule has 1 atom stereocenters. The highest BCUT2D eigenvalue weighted by molar-refractivity contribution is 6.77. The molecule has 0 heterocycles. The Hall–Kier alpha value is -1.23. The van der Waals surface area contributed by atoms with Crippen LogP contribution in [-0.4, -0.2) is 26.7 Å². The minimum Gasteiger partial charge on any atom is -0.480 e. The number of aliphatic carboxylic acids is 1. The summed E-state index contributed by atoms with van der Waals surface area (Å²) in [6, 6.07) is 8.22. The average Bonchev–Trinajstić information content (AvgIpc) is 2.37. The summed E-state index contributed by atoms with van der Waals surface area (Å²) in [4.78, 5) is 22.4. The Kier molecular flexibility index (Phi) is 6.33. The number of allylic oxidation sites excluding steroid dienone is 1. The standard InChI is InChI=1S/C13H12Cl3NO3/c14-13(15,16)11(18)6-7-17-10(12(19)20)8-9-4-2-1-3-5-9/h1-7,10,17H,8H2,(H,19,20)/b7-6-. The summed E-state index contributed by atoms with van der Waals surface area (Å²) in [6.07, 6.45) is 2.43. The van der Waals surface area contributed by atoms with E-state index < -0.39 is 21.6 Å². The monoisotopic (exact) mass is 335 g/mol. The zero-order valence-electron chi connectivity index (χ0n) is 10.2. The van der Waals surface area contributed by atoms with Crippen LogP contribution in [0.5, 0.6) is 0 Å². The predicted molar refractivity (Wildman–Crippen MR) is 79.1 cm³/mol. The molecule has 0 bridgehead atoms. The summed E-state index contributed by atoms with van der Waals surface area (Å²) in [5.74, 6) is -1.79. The normalized spacial score (nSPS) is 13.2. The fraction of sp³-hybridized carbons (Fsp3) is 0.231. The van der Waals surface area contributed by atoms with Gasteiger partial charge in [-0.25, -0.2) is 4.79 Å². The highest BCUT2D eigenvalue weighted by Gasteiger charge is 2.28. The quantitative estimate of drug-likeness (QED) is 0.619. The number of carbonyl (C=O) groups is 2. The number of carbonyl (C=O) groups excluding carboxylic acids is 1. The van der Waals surface area contributed by atoms with Crippen molar-refractivity contribution in [2.24, 2.45) is 0 Å². The molecule has 0 spiro atoms. The van der Waals surface area contributed by atoms with Crippen molar-refractivity contribution in [1.82, 2.24) is 5.32 Å². The Bertz CT molecular complexity index is 497. The number of alkyl halides is 3. The van der Waals surface area contributed by atoms with E-state index >= 15 is 0 Å². The summed E-state index contributed by atoms with van der Waals surface area (Å²) in [5, 5.41) is 11.7. The zero-order chi connectivity index (χ0) is 15.2. The lowest BCUT2D eigenvalue weighted by atomic mass is 10.1. The molecule has 4 nitrogen and oxygen atoms in total. The third kappa shape index (κ3) is 5.82. The summed E-state index contributed by atoms with van der Waals surface area (Å²) in [7, 11) is 0. The van der Waals surface area contributed by atoms with Crippen LogP contribution in [0.3, 0.4) is 0 Å². The topological polar surface area (TPSA) is 66.4 Å². The van der Waals surface area contributed by atoms with Gasteiger partial charge in [0.05, 0.1) is 0 Å². The molecule has 1 unspecified atom stereocenters. The van der Waals surface area contributed by atoms with Crippen LogP contribution >= 0.6 is 34.8 Å². The molecule has 1 aromatic carbocycles. The molecule has 0 saturated carbocycles. The molecule has 108 valence electrons. The number of hydrogen-bond donors (Lipinski definition) is 2. The third-order valence-corrected chi connectivity index (χ3v) is 2.95. The lowest BCUT2D eigenvalue weighted by Gasteiger charge is -2.13. The van der Waals surface area contributed by atoms with Gasteiger partial charge in [-0.1, -0.05) is 65.1 Å². The number of hydrogen-bond acceptors (Lipinski definition) is 3. The van der Waals surface area contributed by atoms with Crippen molar-refractivity contribution in [3.8, 4) is 0 Å². The van der Waals surface area contributed by atoms with E-state index in [1.54, 1.807) is 0 Å². The lowest BCUT2D eigenvalue weighted by molar-refractivity contribution is -0.139. The van der Waals surface area contributed by atoms with Crippen molar-refractivity contribution in [2.45, 2.75) is 16.3 Å². The van der Waals surface area contributed by atoms with Crippen molar-refractivity contribution in [3.05, 3.63) is 48.2 Å². The SMILES string of the molecule is O=C(O)C(Cc1ccccc1)N/C=C\C(=O)C(Cl)(Cl)Cl. The van der Waals surface area contributed by atoms with Crippen LogP contribution in [0.1, 0.15) is 5.56 Å². The van der Waals surface area contributed by atoms with Crippen molar-refractivity contribution in [3.63, 3.8) is 0 Å². The fourth-order valence-electron chi connectivity index (χ4n) is 1.40. The highest BCUT2D eigenvalue weighted by atomic mass is 35.6. The van der Waals surface area contributed by atoms with Gasteiger partial charge in [0.2, 0.25) is 5.78 Å². The van der Waals surface area contributed by atoms with Gasteiger partial charge < -0.3 is 10.4 Å². The zero-order valence-corrected chi connectivity index (χ0v) is 12.5. The first-order valence-corrected chi connectivity index (χ1v) is 6.74. The first-order chi connectivity index (χ1) is 9.30. The van der Waals surface area contributed by atoms with Crippen molar-refractivity contribution in [1.29, 1.82) is 0 Å². The van der Waals surface area contributed by atoms with Gasteiger partial charge in [-0.2, -0.15) is 0 Å². The Morgan fingerprint density at radius 3 is 2.35 bits per heavy atom. The first-order valence-electron chi connectivity index (χ1n) is 5.61. The molecule has 2 N–H and O–H groups in total. The van der Waals surface area contributed by atoms with Crippen LogP contribution in [0.2, 0.25) is 0 Å². The molecule has 0 amide bonds.